The molecule has 0 bridgehead atoms. The first-order valence-electron chi connectivity index (χ1n) is 4.47. The molecule has 0 unspecified atom stereocenters. The molecule has 0 atom stereocenters. The predicted molar refractivity (Wildman–Crippen MR) is 60.9 cm³/mol. The molecule has 0 saturated carbocycles. The molecule has 0 fully saturated rings. The van der Waals surface area contributed by atoms with Gasteiger partial charge in [0.15, 0.2) is 0 Å². The zero-order valence-corrected chi connectivity index (χ0v) is 10.5. The lowest BCUT2D eigenvalue weighted by molar-refractivity contribution is -0.141. The van der Waals surface area contributed by atoms with Crippen LogP contribution in [0.1, 0.15) is 10.4 Å². The molecule has 1 aromatic rings. The average Bonchev–Trinajstić information content (AvgIpc) is 2.27. The number of hydrogen-bond acceptors (Lipinski definition) is 4. The van der Waals surface area contributed by atoms with Crippen molar-refractivity contribution in [2.45, 2.75) is 0 Å². The molecule has 5 nitrogen and oxygen atoms in total. The molecule has 0 N–H and O–H groups in total. The van der Waals surface area contributed by atoms with Gasteiger partial charge in [0.1, 0.15) is 6.54 Å². The van der Waals surface area contributed by atoms with Crippen LogP contribution in [0.25, 0.3) is 0 Å². The van der Waals surface area contributed by atoms with Crippen molar-refractivity contribution in [1.29, 1.82) is 0 Å². The zero-order valence-electron chi connectivity index (χ0n) is 8.94. The number of amides is 1. The van der Waals surface area contributed by atoms with Crippen LogP contribution in [-0.4, -0.2) is 42.5 Å². The van der Waals surface area contributed by atoms with Crippen LogP contribution in [-0.2, 0) is 9.53 Å². The molecule has 1 aromatic heterocycles. The molecule has 16 heavy (non-hydrogen) atoms. The number of rotatable bonds is 3. The van der Waals surface area contributed by atoms with Gasteiger partial charge in [-0.05, 0) is 22.0 Å². The van der Waals surface area contributed by atoms with Gasteiger partial charge < -0.3 is 9.64 Å². The maximum absolute atomic E-state index is 11.8. The van der Waals surface area contributed by atoms with Crippen LogP contribution in [0.15, 0.2) is 22.9 Å². The van der Waals surface area contributed by atoms with Gasteiger partial charge in [0.25, 0.3) is 5.91 Å². The average molecular weight is 287 g/mol. The van der Waals surface area contributed by atoms with E-state index in [1.807, 2.05) is 0 Å². The fourth-order valence-electron chi connectivity index (χ4n) is 1.08. The number of pyridine rings is 1. The van der Waals surface area contributed by atoms with Crippen molar-refractivity contribution in [1.82, 2.24) is 9.88 Å². The Morgan fingerprint density at radius 1 is 1.50 bits per heavy atom. The molecular weight excluding hydrogens is 276 g/mol. The number of ether oxygens (including phenoxy) is 1. The summed E-state index contributed by atoms with van der Waals surface area (Å²) in [6.45, 7) is -0.0815. The molecule has 0 saturated heterocycles. The number of carbonyl (C=O) groups excluding carboxylic acids is 2. The summed E-state index contributed by atoms with van der Waals surface area (Å²) in [6.07, 6.45) is 3.03. The van der Waals surface area contributed by atoms with E-state index >= 15 is 0 Å². The zero-order chi connectivity index (χ0) is 12.1. The molecule has 6 heteroatoms. The molecule has 0 aliphatic carbocycles. The highest BCUT2D eigenvalue weighted by molar-refractivity contribution is 9.10. The summed E-state index contributed by atoms with van der Waals surface area (Å²) in [6, 6.07) is 1.64. The van der Waals surface area contributed by atoms with Crippen molar-refractivity contribution < 1.29 is 14.3 Å². The van der Waals surface area contributed by atoms with Gasteiger partial charge in [0.05, 0.1) is 12.7 Å². The second-order valence-electron chi connectivity index (χ2n) is 3.13. The first-order chi connectivity index (χ1) is 7.54. The van der Waals surface area contributed by atoms with Gasteiger partial charge >= 0.3 is 5.97 Å². The Balaban J connectivity index is 2.74. The molecule has 86 valence electrons. The fourth-order valence-corrected chi connectivity index (χ4v) is 1.44. The van der Waals surface area contributed by atoms with Crippen LogP contribution in [0.4, 0.5) is 0 Å². The summed E-state index contributed by atoms with van der Waals surface area (Å²) in [5.74, 6) is -0.738. The Morgan fingerprint density at radius 3 is 2.75 bits per heavy atom. The van der Waals surface area contributed by atoms with E-state index in [1.165, 1.54) is 25.3 Å². The third-order valence-corrected chi connectivity index (χ3v) is 2.33. The first kappa shape index (κ1) is 12.6. The van der Waals surface area contributed by atoms with Crippen molar-refractivity contribution in [3.8, 4) is 0 Å². The molecule has 1 heterocycles. The summed E-state index contributed by atoms with van der Waals surface area (Å²) >= 11 is 3.22. The number of hydrogen-bond donors (Lipinski definition) is 0. The van der Waals surface area contributed by atoms with Crippen molar-refractivity contribution in [2.75, 3.05) is 20.7 Å². The Labute approximate surface area is 102 Å². The molecule has 1 amide bonds. The standard InChI is InChI=1S/C10H11BrN2O3/c1-13(6-9(14)16-2)10(15)7-3-8(11)5-12-4-7/h3-5H,6H2,1-2H3. The van der Waals surface area contributed by atoms with Crippen LogP contribution in [0.5, 0.6) is 0 Å². The van der Waals surface area contributed by atoms with E-state index in [4.69, 9.17) is 0 Å². The molecule has 0 aliphatic heterocycles. The van der Waals surface area contributed by atoms with Crippen LogP contribution in [0.2, 0.25) is 0 Å². The van der Waals surface area contributed by atoms with Gasteiger partial charge in [-0.25, -0.2) is 0 Å². The summed E-state index contributed by atoms with van der Waals surface area (Å²) in [7, 11) is 2.81. The van der Waals surface area contributed by atoms with Crippen molar-refractivity contribution in [3.63, 3.8) is 0 Å². The summed E-state index contributed by atoms with van der Waals surface area (Å²) < 4.78 is 5.19. The van der Waals surface area contributed by atoms with Gasteiger partial charge in [-0.15, -0.1) is 0 Å². The molecule has 0 radical (unpaired) electrons. The van der Waals surface area contributed by atoms with Crippen molar-refractivity contribution in [2.24, 2.45) is 0 Å². The molecule has 1 rings (SSSR count). The highest BCUT2D eigenvalue weighted by atomic mass is 79.9. The summed E-state index contributed by atoms with van der Waals surface area (Å²) in [5, 5.41) is 0. The lowest BCUT2D eigenvalue weighted by Gasteiger charge is -2.15. The van der Waals surface area contributed by atoms with E-state index in [-0.39, 0.29) is 12.5 Å². The van der Waals surface area contributed by atoms with Crippen molar-refractivity contribution in [3.05, 3.63) is 28.5 Å². The van der Waals surface area contributed by atoms with Crippen LogP contribution in [0, 0.1) is 0 Å². The highest BCUT2D eigenvalue weighted by Gasteiger charge is 2.15. The second-order valence-corrected chi connectivity index (χ2v) is 4.04. The smallest absolute Gasteiger partial charge is 0.325 e. The maximum atomic E-state index is 11.8. The number of esters is 1. The van der Waals surface area contributed by atoms with Crippen LogP contribution >= 0.6 is 15.9 Å². The van der Waals surface area contributed by atoms with Crippen molar-refractivity contribution >= 4 is 27.8 Å². The largest absolute Gasteiger partial charge is 0.468 e. The van der Waals surface area contributed by atoms with Gasteiger partial charge in [-0.2, -0.15) is 0 Å². The van der Waals surface area contributed by atoms with E-state index in [0.717, 1.165) is 0 Å². The minimum absolute atomic E-state index is 0.0815. The Morgan fingerprint density at radius 2 is 2.19 bits per heavy atom. The van der Waals surface area contributed by atoms with Gasteiger partial charge in [0, 0.05) is 23.9 Å². The molecule has 0 spiro atoms. The number of methoxy groups -OCH3 is 1. The maximum Gasteiger partial charge on any atom is 0.325 e. The topological polar surface area (TPSA) is 59.5 Å². The Bertz CT molecular complexity index is 409. The molecular formula is C10H11BrN2O3. The van der Waals surface area contributed by atoms with E-state index in [1.54, 1.807) is 12.3 Å². The Hall–Kier alpha value is -1.43. The molecule has 0 aliphatic rings. The highest BCUT2D eigenvalue weighted by Crippen LogP contribution is 2.11. The van der Waals surface area contributed by atoms with Crippen LogP contribution < -0.4 is 0 Å². The number of carbonyl (C=O) groups is 2. The van der Waals surface area contributed by atoms with Crippen LogP contribution in [0.3, 0.4) is 0 Å². The third-order valence-electron chi connectivity index (χ3n) is 1.89. The summed E-state index contributed by atoms with van der Waals surface area (Å²) in [4.78, 5) is 27.9. The van der Waals surface area contributed by atoms with E-state index in [2.05, 4.69) is 25.7 Å². The predicted octanol–water partition coefficient (Wildman–Crippen LogP) is 1.09. The van der Waals surface area contributed by atoms with E-state index in [9.17, 15) is 9.59 Å². The van der Waals surface area contributed by atoms with E-state index < -0.39 is 5.97 Å². The summed E-state index contributed by atoms with van der Waals surface area (Å²) in [5.41, 5.74) is 0.417. The molecule has 0 aromatic carbocycles. The fraction of sp³-hybridized carbons (Fsp3) is 0.300. The number of halogens is 1. The van der Waals surface area contributed by atoms with E-state index in [0.29, 0.717) is 10.0 Å². The minimum Gasteiger partial charge on any atom is -0.468 e. The number of aromatic nitrogens is 1. The second kappa shape index (κ2) is 5.60. The lowest BCUT2D eigenvalue weighted by atomic mass is 10.2. The third kappa shape index (κ3) is 3.30. The van der Waals surface area contributed by atoms with Gasteiger partial charge in [-0.3, -0.25) is 14.6 Å². The first-order valence-corrected chi connectivity index (χ1v) is 5.26. The van der Waals surface area contributed by atoms with Gasteiger partial charge in [0.2, 0.25) is 0 Å². The van der Waals surface area contributed by atoms with Gasteiger partial charge in [-0.1, -0.05) is 0 Å². The minimum atomic E-state index is -0.459. The lowest BCUT2D eigenvalue weighted by Crippen LogP contribution is -2.32. The quantitative estimate of drug-likeness (QED) is 0.781. The number of likely N-dealkylation sites (N-methyl/N-ethyl adjacent to an activating group) is 1. The number of nitrogens with zero attached hydrogens (tertiary/aromatic N) is 2. The SMILES string of the molecule is COC(=O)CN(C)C(=O)c1cncc(Br)c1. The Kier molecular flexibility index (Phi) is 4.42. The monoisotopic (exact) mass is 286 g/mol. The normalized spacial score (nSPS) is 9.69.